The van der Waals surface area contributed by atoms with Gasteiger partial charge in [-0.25, -0.2) is 4.79 Å². The van der Waals surface area contributed by atoms with Crippen LogP contribution in [-0.2, 0) is 25.4 Å². The Bertz CT molecular complexity index is 1150. The van der Waals surface area contributed by atoms with E-state index in [-0.39, 0.29) is 12.3 Å². The molecule has 0 spiro atoms. The number of aliphatic hydroxyl groups is 1. The molecule has 36 heavy (non-hydrogen) atoms. The zero-order chi connectivity index (χ0) is 26.2. The predicted molar refractivity (Wildman–Crippen MR) is 128 cm³/mol. The van der Waals surface area contributed by atoms with Gasteiger partial charge in [0.15, 0.2) is 11.9 Å². The van der Waals surface area contributed by atoms with Crippen LogP contribution in [0, 0.1) is 10.1 Å². The fourth-order valence-corrected chi connectivity index (χ4v) is 5.17. The molecule has 0 radical (unpaired) electrons. The van der Waals surface area contributed by atoms with Gasteiger partial charge in [-0.05, 0) is 43.7 Å². The van der Waals surface area contributed by atoms with Crippen LogP contribution in [0.25, 0.3) is 0 Å². The molecule has 4 atom stereocenters. The molecule has 0 unspecified atom stereocenters. The molecule has 2 aromatic rings. The first-order chi connectivity index (χ1) is 17.2. The molecular formula is C25H30N2O9. The van der Waals surface area contributed by atoms with Gasteiger partial charge in [-0.1, -0.05) is 0 Å². The van der Waals surface area contributed by atoms with Crippen molar-refractivity contribution >= 4 is 17.3 Å². The van der Waals surface area contributed by atoms with Gasteiger partial charge in [0.05, 0.1) is 24.7 Å². The number of rotatable bonds is 8. The Labute approximate surface area is 208 Å². The van der Waals surface area contributed by atoms with E-state index >= 15 is 0 Å². The maximum absolute atomic E-state index is 13.2. The quantitative estimate of drug-likeness (QED) is 0.249. The first kappa shape index (κ1) is 25.7. The molecule has 0 aliphatic carbocycles. The van der Waals surface area contributed by atoms with Gasteiger partial charge >= 0.3 is 5.97 Å². The second kappa shape index (κ2) is 9.92. The van der Waals surface area contributed by atoms with Crippen LogP contribution in [0.3, 0.4) is 0 Å². The third-order valence-corrected chi connectivity index (χ3v) is 6.81. The number of methoxy groups -OCH3 is 3. The van der Waals surface area contributed by atoms with Crippen molar-refractivity contribution in [1.29, 1.82) is 0 Å². The van der Waals surface area contributed by atoms with Crippen molar-refractivity contribution in [3.8, 4) is 11.5 Å². The molecule has 2 aliphatic heterocycles. The number of hydrogen-bond donors (Lipinski definition) is 1. The van der Waals surface area contributed by atoms with Crippen molar-refractivity contribution < 1.29 is 38.5 Å². The second-order valence-corrected chi connectivity index (χ2v) is 8.83. The third-order valence-electron chi connectivity index (χ3n) is 6.81. The van der Waals surface area contributed by atoms with Crippen LogP contribution in [0.4, 0.5) is 11.4 Å². The van der Waals surface area contributed by atoms with E-state index in [0.717, 1.165) is 5.56 Å². The summed E-state index contributed by atoms with van der Waals surface area (Å²) in [4.78, 5) is 26.0. The lowest BCUT2D eigenvalue weighted by molar-refractivity contribution is -0.385. The number of anilines is 1. The molecular weight excluding hydrogens is 472 g/mol. The Morgan fingerprint density at radius 3 is 2.58 bits per heavy atom. The lowest BCUT2D eigenvalue weighted by Crippen LogP contribution is -2.63. The smallest absolute Gasteiger partial charge is 0.329 e. The summed E-state index contributed by atoms with van der Waals surface area (Å²) in [7, 11) is 4.40. The van der Waals surface area contributed by atoms with Gasteiger partial charge in [0, 0.05) is 44.0 Å². The fraction of sp³-hybridized carbons (Fsp3) is 0.480. The first-order valence-electron chi connectivity index (χ1n) is 11.5. The Morgan fingerprint density at radius 2 is 1.97 bits per heavy atom. The van der Waals surface area contributed by atoms with Crippen molar-refractivity contribution in [2.45, 2.75) is 50.3 Å². The van der Waals surface area contributed by atoms with E-state index in [1.54, 1.807) is 38.0 Å². The standard InChI is InChI=1S/C25H30N2O9/c1-6-35-23(29)19-12-14-11-16(32-3)8-9-18(14)26(19)21-17-13-15(27(30)31)7-10-20(17)36-25(2,22(21)28)24(33-4)34-5/h7-11,13,19,21-22,24,28H,6,12H2,1-5H3/t19-,21-,22+,25-/m1/s1. The van der Waals surface area contributed by atoms with Gasteiger partial charge in [0.2, 0.25) is 0 Å². The topological polar surface area (TPSA) is 130 Å². The summed E-state index contributed by atoms with van der Waals surface area (Å²) in [5, 5.41) is 23.5. The number of ether oxygens (including phenoxy) is 5. The number of nitrogens with zero attached hydrogens (tertiary/aromatic N) is 2. The average molecular weight is 503 g/mol. The average Bonchev–Trinajstić information content (AvgIpc) is 3.23. The summed E-state index contributed by atoms with van der Waals surface area (Å²) in [5.41, 5.74) is 0.250. The molecule has 0 saturated carbocycles. The summed E-state index contributed by atoms with van der Waals surface area (Å²) < 4.78 is 27.9. The number of nitro groups is 1. The first-order valence-corrected chi connectivity index (χ1v) is 11.5. The lowest BCUT2D eigenvalue weighted by atomic mass is 9.83. The molecule has 0 amide bonds. The Kier molecular flexibility index (Phi) is 7.07. The van der Waals surface area contributed by atoms with Crippen LogP contribution in [0.1, 0.15) is 31.0 Å². The van der Waals surface area contributed by atoms with E-state index in [9.17, 15) is 20.0 Å². The second-order valence-electron chi connectivity index (χ2n) is 8.83. The van der Waals surface area contributed by atoms with E-state index in [1.165, 1.54) is 32.4 Å². The molecule has 11 heteroatoms. The van der Waals surface area contributed by atoms with Crippen molar-refractivity contribution in [2.75, 3.05) is 32.8 Å². The highest BCUT2D eigenvalue weighted by atomic mass is 16.7. The number of hydrogen-bond acceptors (Lipinski definition) is 10. The Balaban J connectivity index is 1.94. The fourth-order valence-electron chi connectivity index (χ4n) is 5.17. The number of aliphatic hydroxyl groups excluding tert-OH is 1. The highest BCUT2D eigenvalue weighted by Gasteiger charge is 2.56. The van der Waals surface area contributed by atoms with Crippen molar-refractivity contribution in [2.24, 2.45) is 0 Å². The molecule has 0 saturated heterocycles. The number of fused-ring (bicyclic) bond motifs is 2. The number of nitro benzene ring substituents is 1. The van der Waals surface area contributed by atoms with E-state index in [4.69, 9.17) is 23.7 Å². The Morgan fingerprint density at radius 1 is 1.25 bits per heavy atom. The van der Waals surface area contributed by atoms with E-state index < -0.39 is 41.0 Å². The van der Waals surface area contributed by atoms with Crippen molar-refractivity contribution in [1.82, 2.24) is 0 Å². The highest BCUT2D eigenvalue weighted by Crippen LogP contribution is 2.50. The van der Waals surface area contributed by atoms with Crippen LogP contribution >= 0.6 is 0 Å². The lowest BCUT2D eigenvalue weighted by Gasteiger charge is -2.50. The molecule has 2 aromatic carbocycles. The monoisotopic (exact) mass is 502 g/mol. The number of carbonyl (C=O) groups is 1. The molecule has 2 aliphatic rings. The maximum Gasteiger partial charge on any atom is 0.329 e. The molecule has 0 bridgehead atoms. The zero-order valence-electron chi connectivity index (χ0n) is 20.8. The van der Waals surface area contributed by atoms with Gasteiger partial charge in [0.1, 0.15) is 23.6 Å². The molecule has 0 aromatic heterocycles. The number of non-ortho nitro benzene ring substituents is 1. The predicted octanol–water partition coefficient (Wildman–Crippen LogP) is 2.77. The molecule has 2 heterocycles. The summed E-state index contributed by atoms with van der Waals surface area (Å²) in [6.45, 7) is 3.53. The van der Waals surface area contributed by atoms with E-state index in [0.29, 0.717) is 29.2 Å². The van der Waals surface area contributed by atoms with Crippen LogP contribution in [0.5, 0.6) is 11.5 Å². The van der Waals surface area contributed by atoms with Gasteiger partial charge in [-0.15, -0.1) is 0 Å². The largest absolute Gasteiger partial charge is 0.497 e. The number of benzene rings is 2. The van der Waals surface area contributed by atoms with E-state index in [2.05, 4.69) is 0 Å². The summed E-state index contributed by atoms with van der Waals surface area (Å²) >= 11 is 0. The van der Waals surface area contributed by atoms with Gasteiger partial charge < -0.3 is 33.7 Å². The highest BCUT2D eigenvalue weighted by molar-refractivity contribution is 5.85. The van der Waals surface area contributed by atoms with Crippen molar-refractivity contribution in [3.05, 3.63) is 57.6 Å². The number of carbonyl (C=O) groups excluding carboxylic acids is 1. The maximum atomic E-state index is 13.2. The molecule has 4 rings (SSSR count). The minimum Gasteiger partial charge on any atom is -0.497 e. The minimum absolute atomic E-state index is 0.171. The molecule has 194 valence electrons. The van der Waals surface area contributed by atoms with Gasteiger partial charge in [0.25, 0.3) is 5.69 Å². The van der Waals surface area contributed by atoms with Crippen LogP contribution in [0.15, 0.2) is 36.4 Å². The van der Waals surface area contributed by atoms with Gasteiger partial charge in [-0.3, -0.25) is 10.1 Å². The Hall–Kier alpha value is -3.41. The van der Waals surface area contributed by atoms with Crippen molar-refractivity contribution in [3.63, 3.8) is 0 Å². The molecule has 0 fully saturated rings. The summed E-state index contributed by atoms with van der Waals surface area (Å²) in [5.74, 6) is 0.447. The van der Waals surface area contributed by atoms with Gasteiger partial charge in [-0.2, -0.15) is 0 Å². The van der Waals surface area contributed by atoms with Crippen LogP contribution in [-0.4, -0.2) is 68.0 Å². The van der Waals surface area contributed by atoms with E-state index in [1.807, 2.05) is 6.07 Å². The molecule has 11 nitrogen and oxygen atoms in total. The zero-order valence-corrected chi connectivity index (χ0v) is 20.8. The third kappa shape index (κ3) is 4.12. The summed E-state index contributed by atoms with van der Waals surface area (Å²) in [6, 6.07) is 7.82. The van der Waals surface area contributed by atoms with Crippen LogP contribution < -0.4 is 14.4 Å². The normalized spacial score (nSPS) is 24.6. The number of esters is 1. The van der Waals surface area contributed by atoms with Crippen LogP contribution in [0.2, 0.25) is 0 Å². The minimum atomic E-state index is -1.42. The summed E-state index contributed by atoms with van der Waals surface area (Å²) in [6.07, 6.45) is -2.02. The SMILES string of the molecule is CCOC(=O)[C@H]1Cc2cc(OC)ccc2N1[C@@H]1c2cc([N+](=O)[O-])ccc2O[C@@](C)(C(OC)OC)[C@H]1O. The molecule has 1 N–H and O–H groups in total.